The van der Waals surface area contributed by atoms with Gasteiger partial charge in [-0.15, -0.1) is 0 Å². The normalized spacial score (nSPS) is 13.1. The molecule has 0 bridgehead atoms. The van der Waals surface area contributed by atoms with Gasteiger partial charge in [-0.3, -0.25) is 0 Å². The molecule has 5 nitrogen and oxygen atoms in total. The molecule has 0 aliphatic rings. The highest BCUT2D eigenvalue weighted by atomic mass is 16.4. The average Bonchev–Trinajstić information content (AvgIpc) is 2.76. The number of hydrogen-bond acceptors (Lipinski definition) is 3. The van der Waals surface area contributed by atoms with E-state index in [0.717, 1.165) is 29.8 Å². The second-order valence-electron chi connectivity index (χ2n) is 5.28. The maximum absolute atomic E-state index is 11.4. The predicted octanol–water partition coefficient (Wildman–Crippen LogP) is 2.25. The van der Waals surface area contributed by atoms with E-state index in [1.165, 1.54) is 0 Å². The summed E-state index contributed by atoms with van der Waals surface area (Å²) in [6, 6.07) is 5.57. The van der Waals surface area contributed by atoms with E-state index in [-0.39, 0.29) is 0 Å². The van der Waals surface area contributed by atoms with Gasteiger partial charge in [0.2, 0.25) is 0 Å². The van der Waals surface area contributed by atoms with Gasteiger partial charge in [0.25, 0.3) is 0 Å². The first-order chi connectivity index (χ1) is 9.45. The summed E-state index contributed by atoms with van der Waals surface area (Å²) in [6.45, 7) is 4.89. The zero-order chi connectivity index (χ0) is 14.9. The molecule has 0 radical (unpaired) electrons. The summed E-state index contributed by atoms with van der Waals surface area (Å²) < 4.78 is 2.05. The summed E-state index contributed by atoms with van der Waals surface area (Å²) in [6.07, 6.45) is 0.786. The number of imidazole rings is 1. The van der Waals surface area contributed by atoms with Crippen molar-refractivity contribution in [2.45, 2.75) is 32.9 Å². The van der Waals surface area contributed by atoms with Crippen LogP contribution in [-0.4, -0.2) is 45.7 Å². The highest BCUT2D eigenvalue weighted by Crippen LogP contribution is 2.22. The Balaban J connectivity index is 2.63. The number of aromatic nitrogens is 2. The van der Waals surface area contributed by atoms with Crippen LogP contribution in [0.3, 0.4) is 0 Å². The molecule has 2 rings (SSSR count). The Bertz CT molecular complexity index is 631. The Hall–Kier alpha value is -1.88. The van der Waals surface area contributed by atoms with Gasteiger partial charge in [0.05, 0.1) is 16.6 Å². The number of benzene rings is 1. The fourth-order valence-corrected chi connectivity index (χ4v) is 2.30. The van der Waals surface area contributed by atoms with Crippen LogP contribution in [0.15, 0.2) is 18.2 Å². The number of aromatic carboxylic acids is 1. The highest BCUT2D eigenvalue weighted by Gasteiger charge is 2.18. The van der Waals surface area contributed by atoms with Gasteiger partial charge in [0.15, 0.2) is 0 Å². The summed E-state index contributed by atoms with van der Waals surface area (Å²) in [5.74, 6) is 0.0271. The van der Waals surface area contributed by atoms with Crippen LogP contribution in [-0.2, 0) is 13.0 Å². The molecule has 5 heteroatoms. The van der Waals surface area contributed by atoms with Crippen molar-refractivity contribution in [3.05, 3.63) is 29.6 Å². The summed E-state index contributed by atoms with van der Waals surface area (Å²) in [7, 11) is 4.04. The second kappa shape index (κ2) is 5.63. The van der Waals surface area contributed by atoms with Gasteiger partial charge in [-0.25, -0.2) is 9.78 Å². The number of likely N-dealkylation sites (N-methyl/N-ethyl adjacent to an activating group) is 1. The lowest BCUT2D eigenvalue weighted by atomic mass is 10.1. The first kappa shape index (κ1) is 14.5. The maximum atomic E-state index is 11.4. The summed E-state index contributed by atoms with van der Waals surface area (Å²) in [5, 5.41) is 9.38. The third-order valence-electron chi connectivity index (χ3n) is 3.72. The van der Waals surface area contributed by atoms with Crippen molar-refractivity contribution >= 4 is 17.0 Å². The fourth-order valence-electron chi connectivity index (χ4n) is 2.30. The number of carbonyl (C=O) groups is 1. The third-order valence-corrected chi connectivity index (χ3v) is 3.72. The molecule has 1 heterocycles. The lowest BCUT2D eigenvalue weighted by molar-refractivity contribution is 0.0698. The molecule has 108 valence electrons. The number of carboxylic acids is 1. The summed E-state index contributed by atoms with van der Waals surface area (Å²) >= 11 is 0. The van der Waals surface area contributed by atoms with E-state index < -0.39 is 5.97 Å². The Labute approximate surface area is 118 Å². The van der Waals surface area contributed by atoms with Crippen molar-refractivity contribution in [1.82, 2.24) is 14.5 Å². The first-order valence-electron chi connectivity index (χ1n) is 6.83. The summed E-state index contributed by atoms with van der Waals surface area (Å²) in [5.41, 5.74) is 1.80. The monoisotopic (exact) mass is 275 g/mol. The van der Waals surface area contributed by atoms with Crippen molar-refractivity contribution in [1.29, 1.82) is 0 Å². The fraction of sp³-hybridized carbons (Fsp3) is 0.467. The van der Waals surface area contributed by atoms with E-state index in [0.29, 0.717) is 11.6 Å². The van der Waals surface area contributed by atoms with E-state index in [1.54, 1.807) is 12.1 Å². The van der Waals surface area contributed by atoms with Crippen molar-refractivity contribution in [3.8, 4) is 0 Å². The molecular weight excluding hydrogens is 254 g/mol. The van der Waals surface area contributed by atoms with Crippen LogP contribution in [0, 0.1) is 0 Å². The van der Waals surface area contributed by atoms with Crippen LogP contribution in [0.4, 0.5) is 0 Å². The first-order valence-corrected chi connectivity index (χ1v) is 6.83. The maximum Gasteiger partial charge on any atom is 0.337 e. The number of para-hydroxylation sites is 1. The molecule has 1 aromatic heterocycles. The minimum absolute atomic E-state index is 0.305. The van der Waals surface area contributed by atoms with E-state index in [1.807, 2.05) is 31.7 Å². The van der Waals surface area contributed by atoms with Crippen LogP contribution < -0.4 is 0 Å². The molecule has 20 heavy (non-hydrogen) atoms. The van der Waals surface area contributed by atoms with Crippen molar-refractivity contribution in [2.24, 2.45) is 0 Å². The standard InChI is InChI=1S/C15H21N3O2/c1-5-13-16-12-8-6-7-11(15(19)20)14(12)18(13)9-10(2)17(3)4/h6-8,10H,5,9H2,1-4H3,(H,19,20). The van der Waals surface area contributed by atoms with Crippen molar-refractivity contribution < 1.29 is 9.90 Å². The Kier molecular flexibility index (Phi) is 4.09. The molecule has 0 saturated heterocycles. The van der Waals surface area contributed by atoms with Gasteiger partial charge in [-0.2, -0.15) is 0 Å². The molecule has 0 amide bonds. The number of rotatable bonds is 5. The number of fused-ring (bicyclic) bond motifs is 1. The quantitative estimate of drug-likeness (QED) is 0.909. The predicted molar refractivity (Wildman–Crippen MR) is 79.2 cm³/mol. The second-order valence-corrected chi connectivity index (χ2v) is 5.28. The number of carboxylic acid groups (broad SMARTS) is 1. The molecular formula is C15H21N3O2. The lowest BCUT2D eigenvalue weighted by Gasteiger charge is -2.22. The van der Waals surface area contributed by atoms with Crippen molar-refractivity contribution in [2.75, 3.05) is 14.1 Å². The molecule has 0 aliphatic carbocycles. The average molecular weight is 275 g/mol. The van der Waals surface area contributed by atoms with Crippen molar-refractivity contribution in [3.63, 3.8) is 0 Å². The zero-order valence-electron chi connectivity index (χ0n) is 12.4. The SMILES string of the molecule is CCc1nc2cccc(C(=O)O)c2n1CC(C)N(C)C. The zero-order valence-corrected chi connectivity index (χ0v) is 12.4. The molecule has 0 fully saturated rings. The molecule has 1 unspecified atom stereocenters. The minimum Gasteiger partial charge on any atom is -0.478 e. The van der Waals surface area contributed by atoms with Crippen LogP contribution in [0.5, 0.6) is 0 Å². The molecule has 1 aromatic carbocycles. The van der Waals surface area contributed by atoms with E-state index in [2.05, 4.69) is 16.8 Å². The van der Waals surface area contributed by atoms with E-state index >= 15 is 0 Å². The van der Waals surface area contributed by atoms with Gasteiger partial charge in [-0.1, -0.05) is 13.0 Å². The van der Waals surface area contributed by atoms with Crippen LogP contribution >= 0.6 is 0 Å². The summed E-state index contributed by atoms with van der Waals surface area (Å²) in [4.78, 5) is 18.1. The van der Waals surface area contributed by atoms with Gasteiger partial charge in [0, 0.05) is 19.0 Å². The topological polar surface area (TPSA) is 58.4 Å². The molecule has 0 aliphatic heterocycles. The molecule has 1 atom stereocenters. The highest BCUT2D eigenvalue weighted by molar-refractivity contribution is 6.01. The van der Waals surface area contributed by atoms with Gasteiger partial charge < -0.3 is 14.6 Å². The Morgan fingerprint density at radius 3 is 2.70 bits per heavy atom. The van der Waals surface area contributed by atoms with Gasteiger partial charge in [-0.05, 0) is 33.2 Å². The van der Waals surface area contributed by atoms with Gasteiger partial charge in [0.1, 0.15) is 5.82 Å². The number of nitrogens with zero attached hydrogens (tertiary/aromatic N) is 3. The molecule has 0 saturated carbocycles. The minimum atomic E-state index is -0.906. The third kappa shape index (κ3) is 2.54. The molecule has 1 N–H and O–H groups in total. The van der Waals surface area contributed by atoms with Crippen LogP contribution in [0.2, 0.25) is 0 Å². The molecule has 2 aromatic rings. The largest absolute Gasteiger partial charge is 0.478 e. The van der Waals surface area contributed by atoms with Crippen LogP contribution in [0.25, 0.3) is 11.0 Å². The smallest absolute Gasteiger partial charge is 0.337 e. The van der Waals surface area contributed by atoms with Gasteiger partial charge >= 0.3 is 5.97 Å². The Morgan fingerprint density at radius 2 is 2.15 bits per heavy atom. The van der Waals surface area contributed by atoms with E-state index in [4.69, 9.17) is 0 Å². The number of aryl methyl sites for hydroxylation is 1. The lowest BCUT2D eigenvalue weighted by Crippen LogP contribution is -2.30. The molecule has 0 spiro atoms. The Morgan fingerprint density at radius 1 is 1.45 bits per heavy atom. The van der Waals surface area contributed by atoms with E-state index in [9.17, 15) is 9.90 Å². The number of hydrogen-bond donors (Lipinski definition) is 1. The van der Waals surface area contributed by atoms with Crippen LogP contribution in [0.1, 0.15) is 30.0 Å².